The van der Waals surface area contributed by atoms with Crippen molar-refractivity contribution in [3.63, 3.8) is 0 Å². The van der Waals surface area contributed by atoms with Gasteiger partial charge in [-0.1, -0.05) is 0 Å². The molecule has 2 amide bonds. The molecule has 2 unspecified atom stereocenters. The maximum atomic E-state index is 14.3. The average Bonchev–Trinajstić information content (AvgIpc) is 3.00. The lowest BCUT2D eigenvalue weighted by Gasteiger charge is -2.52. The highest BCUT2D eigenvalue weighted by molar-refractivity contribution is 6.32. The second kappa shape index (κ2) is 14.1. The molecule has 0 spiro atoms. The predicted molar refractivity (Wildman–Crippen MR) is 171 cm³/mol. The minimum Gasteiger partial charge on any atom is -0.507 e. The van der Waals surface area contributed by atoms with Gasteiger partial charge in [-0.25, -0.2) is 9.59 Å². The van der Waals surface area contributed by atoms with E-state index in [2.05, 4.69) is 4.74 Å². The van der Waals surface area contributed by atoms with Crippen LogP contribution in [0.2, 0.25) is 0 Å². The van der Waals surface area contributed by atoms with Crippen LogP contribution in [0.5, 0.6) is 5.75 Å². The fourth-order valence-electron chi connectivity index (χ4n) is 7.33. The van der Waals surface area contributed by atoms with E-state index in [9.17, 15) is 62.1 Å². The number of phenolic OH excluding ortho intramolecular Hbond substituents is 1. The molecule has 0 heterocycles. The number of halogens is 3. The zero-order valence-corrected chi connectivity index (χ0v) is 29.3. The molecule has 6 atom stereocenters. The number of nitrogens with zero attached hydrogens (tertiary/aromatic N) is 3. The number of ketones is 4. The van der Waals surface area contributed by atoms with E-state index in [0.29, 0.717) is 4.90 Å². The van der Waals surface area contributed by atoms with E-state index in [1.807, 2.05) is 0 Å². The molecule has 5 N–H and O–H groups in total. The lowest BCUT2D eigenvalue weighted by Crippen LogP contribution is -2.74. The van der Waals surface area contributed by atoms with Gasteiger partial charge in [-0.05, 0) is 58.3 Å². The lowest BCUT2D eigenvalue weighted by atomic mass is 9.52. The van der Waals surface area contributed by atoms with Crippen LogP contribution < -0.4 is 10.6 Å². The first-order chi connectivity index (χ1) is 23.8. The number of carbonyl (C=O) groups excluding carboxylic acids is 7. The normalized spacial score (nSPS) is 26.0. The van der Waals surface area contributed by atoms with Crippen molar-refractivity contribution in [1.82, 2.24) is 9.80 Å². The summed E-state index contributed by atoms with van der Waals surface area (Å²) in [5.74, 6) is -14.2. The molecule has 3 aliphatic carbocycles. The number of fused-ring (bicyclic) bond motifs is 3. The first-order valence-corrected chi connectivity index (χ1v) is 16.1. The smallest absolute Gasteiger partial charge is 0.412 e. The number of primary amides is 1. The van der Waals surface area contributed by atoms with Crippen LogP contribution in [0.1, 0.15) is 48.2 Å². The van der Waals surface area contributed by atoms with Gasteiger partial charge in [-0.3, -0.25) is 28.9 Å². The van der Waals surface area contributed by atoms with Gasteiger partial charge in [0.05, 0.1) is 30.5 Å². The van der Waals surface area contributed by atoms with Crippen LogP contribution in [0.15, 0.2) is 6.07 Å². The highest BCUT2D eigenvalue weighted by atomic mass is 19.4. The number of amides is 2. The highest BCUT2D eigenvalue weighted by Crippen LogP contribution is 2.52. The Morgan fingerprint density at radius 1 is 1.04 bits per heavy atom. The fraction of sp³-hybridized carbons (Fsp3) is 0.606. The van der Waals surface area contributed by atoms with Gasteiger partial charge in [0.1, 0.15) is 5.75 Å². The van der Waals surface area contributed by atoms with Crippen molar-refractivity contribution in [1.29, 1.82) is 0 Å². The molecule has 1 aromatic rings. The predicted octanol–water partition coefficient (Wildman–Crippen LogP) is 0.0956. The minimum absolute atomic E-state index is 0.0837. The third-order valence-corrected chi connectivity index (χ3v) is 9.76. The molecule has 2 saturated carbocycles. The quantitative estimate of drug-likeness (QED) is 0.141. The summed E-state index contributed by atoms with van der Waals surface area (Å²) in [6.07, 6.45) is -7.97. The van der Waals surface area contributed by atoms with Gasteiger partial charge in [0.25, 0.3) is 0 Å². The summed E-state index contributed by atoms with van der Waals surface area (Å²) in [5, 5.41) is 33.0. The third kappa shape index (κ3) is 7.20. The van der Waals surface area contributed by atoms with Crippen molar-refractivity contribution >= 4 is 46.8 Å². The monoisotopic (exact) mass is 742 g/mol. The second-order valence-corrected chi connectivity index (χ2v) is 14.2. The lowest BCUT2D eigenvalue weighted by molar-refractivity contribution is -0.181. The van der Waals surface area contributed by atoms with Gasteiger partial charge in [0.2, 0.25) is 12.7 Å². The van der Waals surface area contributed by atoms with Gasteiger partial charge in [0, 0.05) is 37.8 Å². The van der Waals surface area contributed by atoms with E-state index in [-0.39, 0.29) is 29.7 Å². The fourth-order valence-corrected chi connectivity index (χ4v) is 7.33. The summed E-state index contributed by atoms with van der Waals surface area (Å²) in [5.41, 5.74) is 0.226. The van der Waals surface area contributed by atoms with Crippen molar-refractivity contribution in [3.05, 3.63) is 22.8 Å². The van der Waals surface area contributed by atoms with Crippen molar-refractivity contribution in [2.24, 2.45) is 29.4 Å². The van der Waals surface area contributed by atoms with E-state index in [1.165, 1.54) is 30.0 Å². The zero-order chi connectivity index (χ0) is 39.4. The number of esters is 1. The molecule has 19 heteroatoms. The average molecular weight is 743 g/mol. The molecule has 0 bridgehead atoms. The van der Waals surface area contributed by atoms with Crippen LogP contribution in [0.3, 0.4) is 0 Å². The number of nitrogens with two attached hydrogens (primary N) is 1. The van der Waals surface area contributed by atoms with E-state index in [0.717, 1.165) is 13.8 Å². The van der Waals surface area contributed by atoms with Gasteiger partial charge < -0.3 is 40.3 Å². The largest absolute Gasteiger partial charge is 0.507 e. The van der Waals surface area contributed by atoms with Crippen LogP contribution in [-0.2, 0) is 46.4 Å². The van der Waals surface area contributed by atoms with E-state index in [4.69, 9.17) is 10.5 Å². The maximum absolute atomic E-state index is 14.3. The molecule has 0 saturated heterocycles. The number of carbonyl (C=O) groups is 7. The summed E-state index contributed by atoms with van der Waals surface area (Å²) >= 11 is 0. The van der Waals surface area contributed by atoms with E-state index < -0.39 is 126 Å². The molecule has 286 valence electrons. The van der Waals surface area contributed by atoms with Crippen molar-refractivity contribution < 1.29 is 71.5 Å². The van der Waals surface area contributed by atoms with Gasteiger partial charge in [-0.15, -0.1) is 0 Å². The van der Waals surface area contributed by atoms with E-state index >= 15 is 0 Å². The summed E-state index contributed by atoms with van der Waals surface area (Å²) in [6.45, 7) is -0.684. The molecule has 0 aliphatic heterocycles. The third-order valence-electron chi connectivity index (χ3n) is 9.76. The van der Waals surface area contributed by atoms with Crippen LogP contribution >= 0.6 is 0 Å². The number of ether oxygens (including phenoxy) is 2. The Kier molecular flexibility index (Phi) is 10.9. The SMILES string of the molecule is CN(C)c1cc(CN(CCC(F)(F)F)C(=O)OCOC(=O)C(C)(C)O)c(O)c2c1C[C@H]1C[C@H]3[C@H](N(C)C)C(=O)C(C(N)=O)C(=O)[C@@]3(O)C(=O)C1C2=O. The number of rotatable bonds is 10. The molecule has 0 radical (unpaired) electrons. The number of benzene rings is 1. The standard InChI is InChI=1S/C33H41F3N4O12/c1-31(2,49)29(47)51-13-52-30(48)40(8-7-32(34,35)36)12-15-11-18(38(3)4)16-9-14-10-17-22(39(5)6)25(43)21(28(37)46)27(45)33(17,50)26(44)19(14)24(42)20(16)23(15)41/h11,14,17,19,21-22,41,49-50H,7-10,12-13H2,1-6H3,(H2,37,46)/t14-,17-,19?,21?,22-,33-/m0/s1. The van der Waals surface area contributed by atoms with Crippen LogP contribution in [0, 0.1) is 23.7 Å². The number of aliphatic hydroxyl groups is 2. The maximum Gasteiger partial charge on any atom is 0.412 e. The highest BCUT2D eigenvalue weighted by Gasteiger charge is 2.69. The van der Waals surface area contributed by atoms with Crippen LogP contribution in [-0.4, -0.2) is 131 Å². The van der Waals surface area contributed by atoms with Crippen molar-refractivity contribution in [2.75, 3.05) is 46.4 Å². The number of anilines is 1. The second-order valence-electron chi connectivity index (χ2n) is 14.2. The van der Waals surface area contributed by atoms with Crippen LogP contribution in [0.4, 0.5) is 23.7 Å². The number of hydrogen-bond acceptors (Lipinski definition) is 14. The number of Topliss-reactive ketones (excluding diaryl/α,β-unsaturated/α-hetero) is 4. The van der Waals surface area contributed by atoms with Crippen molar-refractivity contribution in [2.45, 2.75) is 63.1 Å². The molecule has 4 rings (SSSR count). The summed E-state index contributed by atoms with van der Waals surface area (Å²) < 4.78 is 49.2. The number of aromatic hydroxyl groups is 1. The Morgan fingerprint density at radius 2 is 1.65 bits per heavy atom. The van der Waals surface area contributed by atoms with Gasteiger partial charge in [0.15, 0.2) is 40.3 Å². The van der Waals surface area contributed by atoms with Gasteiger partial charge in [-0.2, -0.15) is 13.2 Å². The minimum atomic E-state index is -4.75. The molecule has 1 aromatic carbocycles. The Labute approximate surface area is 295 Å². The number of phenols is 1. The summed E-state index contributed by atoms with van der Waals surface area (Å²) in [6, 6.07) is 0.0327. The van der Waals surface area contributed by atoms with Crippen molar-refractivity contribution in [3.8, 4) is 5.75 Å². The molecule has 3 aliphatic rings. The molecule has 52 heavy (non-hydrogen) atoms. The first-order valence-electron chi connectivity index (χ1n) is 16.1. The molecular formula is C33H41F3N4O12. The topological polar surface area (TPSA) is 234 Å². The Balaban J connectivity index is 1.76. The number of likely N-dealkylation sites (N-methyl/N-ethyl adjacent to an activating group) is 1. The molecular weight excluding hydrogens is 701 g/mol. The number of hydrogen-bond donors (Lipinski definition) is 4. The molecule has 0 aromatic heterocycles. The Hall–Kier alpha value is -4.62. The zero-order valence-electron chi connectivity index (χ0n) is 29.3. The Morgan fingerprint density at radius 3 is 2.17 bits per heavy atom. The summed E-state index contributed by atoms with van der Waals surface area (Å²) in [7, 11) is 6.03. The van der Waals surface area contributed by atoms with Crippen LogP contribution in [0.25, 0.3) is 0 Å². The Bertz CT molecular complexity index is 1710. The first kappa shape index (κ1) is 40.2. The number of alkyl halides is 3. The summed E-state index contributed by atoms with van der Waals surface area (Å²) in [4.78, 5) is 95.7. The molecule has 2 fully saturated rings. The molecule has 16 nitrogen and oxygen atoms in total. The van der Waals surface area contributed by atoms with E-state index in [1.54, 1.807) is 14.1 Å². The van der Waals surface area contributed by atoms with Gasteiger partial charge >= 0.3 is 18.2 Å².